The predicted molar refractivity (Wildman–Crippen MR) is 119 cm³/mol. The Morgan fingerprint density at radius 2 is 1.94 bits per heavy atom. The summed E-state index contributed by atoms with van der Waals surface area (Å²) in [4.78, 5) is 18.8. The Morgan fingerprint density at radius 3 is 2.81 bits per heavy atom. The molecule has 0 saturated carbocycles. The molecule has 2 N–H and O–H groups in total. The number of pyridine rings is 1. The van der Waals surface area contributed by atoms with Crippen LogP contribution in [0.15, 0.2) is 61.3 Å². The molecule has 0 aliphatic carbocycles. The summed E-state index contributed by atoms with van der Waals surface area (Å²) in [5, 5.41) is 8.12. The van der Waals surface area contributed by atoms with E-state index in [1.807, 2.05) is 42.7 Å². The van der Waals surface area contributed by atoms with Gasteiger partial charge in [0.25, 0.3) is 0 Å². The zero-order valence-electron chi connectivity index (χ0n) is 16.7. The third kappa shape index (κ3) is 3.34. The fourth-order valence-corrected chi connectivity index (χ4v) is 3.85. The van der Waals surface area contributed by atoms with Crippen molar-refractivity contribution in [2.45, 2.75) is 0 Å². The number of rotatable bonds is 4. The Labute approximate surface area is 177 Å². The van der Waals surface area contributed by atoms with E-state index >= 15 is 0 Å². The van der Waals surface area contributed by atoms with E-state index in [1.54, 1.807) is 17.0 Å². The normalized spacial score (nSPS) is 14.4. The van der Waals surface area contributed by atoms with E-state index in [0.29, 0.717) is 0 Å². The van der Waals surface area contributed by atoms with Crippen LogP contribution in [-0.2, 0) is 4.74 Å². The second-order valence-electron chi connectivity index (χ2n) is 7.40. The highest BCUT2D eigenvalue weighted by Gasteiger charge is 2.13. The van der Waals surface area contributed by atoms with Crippen molar-refractivity contribution >= 4 is 33.9 Å². The first-order valence-corrected chi connectivity index (χ1v) is 10.2. The number of ether oxygens (including phenoxy) is 1. The molecule has 9 heteroatoms. The Kier molecular flexibility index (Phi) is 4.24. The molecule has 1 aliphatic rings. The van der Waals surface area contributed by atoms with Crippen LogP contribution in [0.5, 0.6) is 0 Å². The number of aromatic amines is 1. The Balaban J connectivity index is 1.33. The first-order valence-electron chi connectivity index (χ1n) is 10.2. The molecule has 31 heavy (non-hydrogen) atoms. The van der Waals surface area contributed by atoms with Crippen molar-refractivity contribution in [3.8, 4) is 11.3 Å². The molecule has 1 saturated heterocycles. The second-order valence-corrected chi connectivity index (χ2v) is 7.40. The van der Waals surface area contributed by atoms with Crippen LogP contribution in [0.4, 0.5) is 17.2 Å². The highest BCUT2D eigenvalue weighted by atomic mass is 16.5. The molecule has 1 fully saturated rings. The monoisotopic (exact) mass is 412 g/mol. The average Bonchev–Trinajstić information content (AvgIpc) is 3.49. The van der Waals surface area contributed by atoms with Gasteiger partial charge in [-0.2, -0.15) is 5.10 Å². The molecule has 154 valence electrons. The summed E-state index contributed by atoms with van der Waals surface area (Å²) in [5.41, 5.74) is 6.40. The molecule has 4 aromatic heterocycles. The Hall–Kier alpha value is -3.98. The van der Waals surface area contributed by atoms with Gasteiger partial charge in [-0.15, -0.1) is 0 Å². The molecule has 1 aliphatic heterocycles. The number of hydrogen-bond donors (Lipinski definition) is 2. The van der Waals surface area contributed by atoms with Gasteiger partial charge in [0.15, 0.2) is 5.65 Å². The van der Waals surface area contributed by atoms with E-state index in [4.69, 9.17) is 9.84 Å². The van der Waals surface area contributed by atoms with Gasteiger partial charge in [0.2, 0.25) is 0 Å². The number of H-pyrrole nitrogens is 1. The number of fused-ring (bicyclic) bond motifs is 2. The van der Waals surface area contributed by atoms with Crippen LogP contribution >= 0.6 is 0 Å². The zero-order valence-corrected chi connectivity index (χ0v) is 16.7. The van der Waals surface area contributed by atoms with Gasteiger partial charge in [-0.1, -0.05) is 6.07 Å². The second kappa shape index (κ2) is 7.37. The predicted octanol–water partition coefficient (Wildman–Crippen LogP) is 3.25. The van der Waals surface area contributed by atoms with Crippen LogP contribution in [0.1, 0.15) is 0 Å². The van der Waals surface area contributed by atoms with Gasteiger partial charge < -0.3 is 19.9 Å². The van der Waals surface area contributed by atoms with Gasteiger partial charge in [0.1, 0.15) is 5.82 Å². The fourth-order valence-electron chi connectivity index (χ4n) is 3.85. The van der Waals surface area contributed by atoms with Crippen LogP contribution in [0.3, 0.4) is 0 Å². The first-order chi connectivity index (χ1) is 15.3. The maximum Gasteiger partial charge on any atom is 0.177 e. The summed E-state index contributed by atoms with van der Waals surface area (Å²) in [6, 6.07) is 12.1. The van der Waals surface area contributed by atoms with Crippen molar-refractivity contribution in [3.63, 3.8) is 0 Å². The van der Waals surface area contributed by atoms with E-state index in [1.165, 1.54) is 0 Å². The minimum Gasteiger partial charge on any atom is -0.378 e. The van der Waals surface area contributed by atoms with Crippen molar-refractivity contribution in [3.05, 3.63) is 61.3 Å². The highest BCUT2D eigenvalue weighted by molar-refractivity contribution is 5.83. The lowest BCUT2D eigenvalue weighted by Crippen LogP contribution is -2.36. The summed E-state index contributed by atoms with van der Waals surface area (Å²) < 4.78 is 7.20. The van der Waals surface area contributed by atoms with E-state index in [9.17, 15) is 0 Å². The lowest BCUT2D eigenvalue weighted by Gasteiger charge is -2.28. The van der Waals surface area contributed by atoms with Crippen LogP contribution in [-0.4, -0.2) is 55.9 Å². The van der Waals surface area contributed by atoms with Crippen molar-refractivity contribution < 1.29 is 4.74 Å². The third-order valence-electron chi connectivity index (χ3n) is 5.46. The number of imidazole rings is 2. The summed E-state index contributed by atoms with van der Waals surface area (Å²) >= 11 is 0. The zero-order chi connectivity index (χ0) is 20.6. The maximum absolute atomic E-state index is 5.43. The summed E-state index contributed by atoms with van der Waals surface area (Å²) in [5.74, 6) is 0.753. The molecule has 0 amide bonds. The maximum atomic E-state index is 5.43. The molecule has 0 spiro atoms. The number of hydrogen-bond acceptors (Lipinski definition) is 7. The number of morpholine rings is 1. The molecular formula is C22H20N8O. The topological polar surface area (TPSA) is 96.3 Å². The van der Waals surface area contributed by atoms with Crippen LogP contribution < -0.4 is 10.2 Å². The summed E-state index contributed by atoms with van der Waals surface area (Å²) in [6.45, 7) is 3.28. The molecular weight excluding hydrogens is 392 g/mol. The molecule has 6 rings (SSSR count). The molecule has 0 atom stereocenters. The molecule has 5 aromatic rings. The third-order valence-corrected chi connectivity index (χ3v) is 5.46. The molecule has 9 nitrogen and oxygen atoms in total. The molecule has 5 heterocycles. The molecule has 0 unspecified atom stereocenters. The highest BCUT2D eigenvalue weighted by Crippen LogP contribution is 2.27. The Bertz CT molecular complexity index is 1350. The summed E-state index contributed by atoms with van der Waals surface area (Å²) in [6.07, 6.45) is 7.17. The Morgan fingerprint density at radius 1 is 1.00 bits per heavy atom. The van der Waals surface area contributed by atoms with E-state index < -0.39 is 0 Å². The SMILES string of the molecule is c1cn2nc(-c3ccc4nc[nH]c4c3)cc(Nc3ccc(N4CCOCC4)cn3)c2n1. The first kappa shape index (κ1) is 17.8. The fraction of sp³-hybridized carbons (Fsp3) is 0.182. The van der Waals surface area contributed by atoms with E-state index in [0.717, 1.165) is 71.4 Å². The summed E-state index contributed by atoms with van der Waals surface area (Å²) in [7, 11) is 0. The minimum atomic E-state index is 0.741. The van der Waals surface area contributed by atoms with E-state index in [-0.39, 0.29) is 0 Å². The van der Waals surface area contributed by atoms with Gasteiger partial charge in [-0.3, -0.25) is 0 Å². The van der Waals surface area contributed by atoms with Gasteiger partial charge >= 0.3 is 0 Å². The largest absolute Gasteiger partial charge is 0.378 e. The van der Waals surface area contributed by atoms with Crippen molar-refractivity contribution in [1.29, 1.82) is 0 Å². The smallest absolute Gasteiger partial charge is 0.177 e. The van der Waals surface area contributed by atoms with Crippen LogP contribution in [0.25, 0.3) is 27.9 Å². The molecule has 0 bridgehead atoms. The van der Waals surface area contributed by atoms with Crippen molar-refractivity contribution in [2.24, 2.45) is 0 Å². The van der Waals surface area contributed by atoms with E-state index in [2.05, 4.69) is 36.2 Å². The van der Waals surface area contributed by atoms with Gasteiger partial charge in [-0.05, 0) is 30.3 Å². The lowest BCUT2D eigenvalue weighted by atomic mass is 10.1. The van der Waals surface area contributed by atoms with Crippen LogP contribution in [0, 0.1) is 0 Å². The number of nitrogens with one attached hydrogen (secondary N) is 2. The number of anilines is 3. The number of benzene rings is 1. The lowest BCUT2D eigenvalue weighted by molar-refractivity contribution is 0.122. The van der Waals surface area contributed by atoms with Gasteiger partial charge in [-0.25, -0.2) is 19.5 Å². The quantitative estimate of drug-likeness (QED) is 0.468. The van der Waals surface area contributed by atoms with Crippen molar-refractivity contribution in [2.75, 3.05) is 36.5 Å². The standard InChI is InChI=1S/C22H20N8O/c1-3-17-19(26-14-25-17)11-15(1)18-12-20(22-23-5-6-30(22)28-18)27-21-4-2-16(13-24-21)29-7-9-31-10-8-29/h1-6,11-14H,7-10H2,(H,24,27)(H,25,26). The number of aromatic nitrogens is 6. The minimum absolute atomic E-state index is 0.741. The van der Waals surface area contributed by atoms with Crippen molar-refractivity contribution in [1.82, 2.24) is 29.5 Å². The van der Waals surface area contributed by atoms with Gasteiger partial charge in [0.05, 0.1) is 53.8 Å². The number of nitrogens with zero attached hydrogens (tertiary/aromatic N) is 6. The molecule has 0 radical (unpaired) electrons. The van der Waals surface area contributed by atoms with Gasteiger partial charge in [0, 0.05) is 31.0 Å². The van der Waals surface area contributed by atoms with Crippen LogP contribution in [0.2, 0.25) is 0 Å². The molecule has 1 aromatic carbocycles. The average molecular weight is 412 g/mol.